The zero-order valence-corrected chi connectivity index (χ0v) is 17.0. The van der Waals surface area contributed by atoms with Gasteiger partial charge in [0.25, 0.3) is 5.91 Å². The number of aryl methyl sites for hydroxylation is 1. The number of ether oxygens (including phenoxy) is 2. The number of thiophene rings is 1. The Balaban J connectivity index is 1.65. The molecule has 1 N–H and O–H groups in total. The number of hydrogen-bond donors (Lipinski definition) is 1. The summed E-state index contributed by atoms with van der Waals surface area (Å²) in [4.78, 5) is 38.1. The minimum atomic E-state index is -0.872. The maximum Gasteiger partial charge on any atom is 0.341 e. The van der Waals surface area contributed by atoms with E-state index < -0.39 is 29.9 Å². The number of methoxy groups -OCH3 is 1. The average molecular weight is 401 g/mol. The highest BCUT2D eigenvalue weighted by atomic mass is 32.1. The molecule has 2 aromatic rings. The molecule has 0 saturated carbocycles. The quantitative estimate of drug-likeness (QED) is 0.750. The third-order valence-electron chi connectivity index (χ3n) is 4.90. The van der Waals surface area contributed by atoms with Crippen molar-refractivity contribution in [3.8, 4) is 0 Å². The van der Waals surface area contributed by atoms with Gasteiger partial charge in [-0.15, -0.1) is 11.3 Å². The summed E-state index contributed by atoms with van der Waals surface area (Å²) in [6.45, 7) is 3.09. The molecule has 0 radical (unpaired) electrons. The highest BCUT2D eigenvalue weighted by Gasteiger charge is 2.32. The predicted octanol–water partition coefficient (Wildman–Crippen LogP) is 3.48. The van der Waals surface area contributed by atoms with Gasteiger partial charge in [0.1, 0.15) is 5.00 Å². The van der Waals surface area contributed by atoms with E-state index in [1.807, 2.05) is 30.3 Å². The topological polar surface area (TPSA) is 81.7 Å². The lowest BCUT2D eigenvalue weighted by Crippen LogP contribution is -2.33. The normalized spacial score (nSPS) is 13.0. The maximum absolute atomic E-state index is 12.5. The van der Waals surface area contributed by atoms with Crippen molar-refractivity contribution in [2.45, 2.75) is 38.5 Å². The first-order chi connectivity index (χ1) is 13.3. The molecule has 148 valence electrons. The molecule has 0 bridgehead atoms. The van der Waals surface area contributed by atoms with Gasteiger partial charge in [-0.05, 0) is 44.2 Å². The van der Waals surface area contributed by atoms with Crippen molar-refractivity contribution in [1.29, 1.82) is 0 Å². The fourth-order valence-electron chi connectivity index (χ4n) is 3.26. The highest BCUT2D eigenvalue weighted by Crippen LogP contribution is 2.39. The van der Waals surface area contributed by atoms with Gasteiger partial charge in [0.2, 0.25) is 0 Å². The smallest absolute Gasteiger partial charge is 0.341 e. The zero-order valence-electron chi connectivity index (χ0n) is 16.2. The Morgan fingerprint density at radius 3 is 2.54 bits per heavy atom. The summed E-state index contributed by atoms with van der Waals surface area (Å²) in [5, 5.41) is 3.16. The Hall–Kier alpha value is -2.67. The number of amides is 1. The molecule has 7 heteroatoms. The first-order valence-electron chi connectivity index (χ1n) is 9.10. The van der Waals surface area contributed by atoms with E-state index >= 15 is 0 Å². The van der Waals surface area contributed by atoms with Crippen LogP contribution in [0, 0.1) is 0 Å². The van der Waals surface area contributed by atoms with Crippen LogP contribution in [0.15, 0.2) is 30.3 Å². The Morgan fingerprint density at radius 2 is 1.86 bits per heavy atom. The van der Waals surface area contributed by atoms with Gasteiger partial charge in [-0.2, -0.15) is 0 Å². The number of nitrogens with one attached hydrogen (secondary N) is 1. The highest BCUT2D eigenvalue weighted by molar-refractivity contribution is 7.17. The SMILES string of the molecule is COC(=O)c1c(NC(=O)COC(=O)C(C)(C)c2ccccc2)sc2c1CCC2. The molecule has 1 aromatic carbocycles. The fourth-order valence-corrected chi connectivity index (χ4v) is 4.55. The molecule has 0 aliphatic heterocycles. The van der Waals surface area contributed by atoms with Gasteiger partial charge in [0.05, 0.1) is 18.1 Å². The van der Waals surface area contributed by atoms with E-state index in [1.165, 1.54) is 18.4 Å². The lowest BCUT2D eigenvalue weighted by molar-refractivity contribution is -0.152. The summed E-state index contributed by atoms with van der Waals surface area (Å²) in [5.74, 6) is -1.44. The van der Waals surface area contributed by atoms with E-state index in [0.29, 0.717) is 10.6 Å². The molecule has 1 aliphatic rings. The lowest BCUT2D eigenvalue weighted by atomic mass is 9.85. The maximum atomic E-state index is 12.5. The van der Waals surface area contributed by atoms with E-state index in [1.54, 1.807) is 13.8 Å². The molecule has 0 unspecified atom stereocenters. The molecule has 0 fully saturated rings. The van der Waals surface area contributed by atoms with Crippen LogP contribution < -0.4 is 5.32 Å². The Labute approximate surface area is 167 Å². The van der Waals surface area contributed by atoms with Gasteiger partial charge in [-0.25, -0.2) is 4.79 Å². The molecule has 1 aliphatic carbocycles. The second-order valence-corrected chi connectivity index (χ2v) is 8.27. The number of rotatable bonds is 6. The van der Waals surface area contributed by atoms with Crippen molar-refractivity contribution >= 4 is 34.2 Å². The van der Waals surface area contributed by atoms with Crippen LogP contribution in [0.5, 0.6) is 0 Å². The van der Waals surface area contributed by atoms with Crippen molar-refractivity contribution in [3.05, 3.63) is 51.9 Å². The summed E-state index contributed by atoms with van der Waals surface area (Å²) in [7, 11) is 1.32. The van der Waals surface area contributed by atoms with Crippen molar-refractivity contribution in [3.63, 3.8) is 0 Å². The molecule has 28 heavy (non-hydrogen) atoms. The minimum Gasteiger partial charge on any atom is -0.465 e. The standard InChI is InChI=1S/C21H23NO5S/c1-21(2,13-8-5-4-6-9-13)20(25)27-12-16(23)22-18-17(19(24)26-3)14-10-7-11-15(14)28-18/h4-6,8-9H,7,10-12H2,1-3H3,(H,22,23). The van der Waals surface area contributed by atoms with Crippen LogP contribution in [0.1, 0.15) is 46.6 Å². The Kier molecular flexibility index (Phi) is 5.84. The second kappa shape index (κ2) is 8.14. The summed E-state index contributed by atoms with van der Waals surface area (Å²) >= 11 is 1.38. The Morgan fingerprint density at radius 1 is 1.14 bits per heavy atom. The monoisotopic (exact) mass is 401 g/mol. The molecule has 6 nitrogen and oxygen atoms in total. The van der Waals surface area contributed by atoms with Crippen molar-refractivity contribution in [2.75, 3.05) is 19.0 Å². The molecule has 1 amide bonds. The van der Waals surface area contributed by atoms with E-state index in [0.717, 1.165) is 35.3 Å². The largest absolute Gasteiger partial charge is 0.465 e. The molecular weight excluding hydrogens is 378 g/mol. The second-order valence-electron chi connectivity index (χ2n) is 7.17. The number of hydrogen-bond acceptors (Lipinski definition) is 6. The minimum absolute atomic E-state index is 0.418. The van der Waals surface area contributed by atoms with E-state index in [-0.39, 0.29) is 0 Å². The fraction of sp³-hybridized carbons (Fsp3) is 0.381. The number of carbonyl (C=O) groups is 3. The van der Waals surface area contributed by atoms with Crippen molar-refractivity contribution in [2.24, 2.45) is 0 Å². The van der Waals surface area contributed by atoms with Crippen LogP contribution in [-0.4, -0.2) is 31.6 Å². The number of esters is 2. The summed E-state index contributed by atoms with van der Waals surface area (Å²) < 4.78 is 10.1. The molecule has 3 rings (SSSR count). The molecule has 0 saturated heterocycles. The zero-order chi connectivity index (χ0) is 20.3. The number of carbonyl (C=O) groups excluding carboxylic acids is 3. The Bertz CT molecular complexity index is 901. The number of fused-ring (bicyclic) bond motifs is 1. The van der Waals surface area contributed by atoms with Gasteiger partial charge in [0.15, 0.2) is 6.61 Å². The van der Waals surface area contributed by atoms with E-state index in [9.17, 15) is 14.4 Å². The van der Waals surface area contributed by atoms with Crippen LogP contribution in [0.3, 0.4) is 0 Å². The number of anilines is 1. The van der Waals surface area contributed by atoms with Crippen LogP contribution in [0.25, 0.3) is 0 Å². The van der Waals surface area contributed by atoms with Crippen LogP contribution >= 0.6 is 11.3 Å². The third kappa shape index (κ3) is 3.94. The summed E-state index contributed by atoms with van der Waals surface area (Å²) in [6.07, 6.45) is 2.68. The summed E-state index contributed by atoms with van der Waals surface area (Å²) in [6, 6.07) is 9.26. The molecule has 0 atom stereocenters. The first kappa shape index (κ1) is 20.1. The molecular formula is C21H23NO5S. The van der Waals surface area contributed by atoms with Gasteiger partial charge in [-0.3, -0.25) is 9.59 Å². The van der Waals surface area contributed by atoms with Crippen molar-refractivity contribution in [1.82, 2.24) is 0 Å². The van der Waals surface area contributed by atoms with Gasteiger partial charge < -0.3 is 14.8 Å². The van der Waals surface area contributed by atoms with Crippen LogP contribution in [0.2, 0.25) is 0 Å². The van der Waals surface area contributed by atoms with Crippen LogP contribution in [0.4, 0.5) is 5.00 Å². The molecule has 1 heterocycles. The van der Waals surface area contributed by atoms with E-state index in [4.69, 9.17) is 9.47 Å². The lowest BCUT2D eigenvalue weighted by Gasteiger charge is -2.22. The van der Waals surface area contributed by atoms with Crippen molar-refractivity contribution < 1.29 is 23.9 Å². The third-order valence-corrected chi connectivity index (χ3v) is 6.11. The summed E-state index contributed by atoms with van der Waals surface area (Å²) in [5.41, 5.74) is 1.31. The predicted molar refractivity (Wildman–Crippen MR) is 107 cm³/mol. The number of benzene rings is 1. The molecule has 0 spiro atoms. The van der Waals surface area contributed by atoms with Gasteiger partial charge in [0, 0.05) is 4.88 Å². The van der Waals surface area contributed by atoms with Gasteiger partial charge in [-0.1, -0.05) is 30.3 Å². The molecule has 1 aromatic heterocycles. The first-order valence-corrected chi connectivity index (χ1v) is 9.91. The average Bonchev–Trinajstić information content (AvgIpc) is 3.26. The van der Waals surface area contributed by atoms with Crippen LogP contribution in [-0.2, 0) is 37.3 Å². The van der Waals surface area contributed by atoms with Gasteiger partial charge >= 0.3 is 11.9 Å². The van der Waals surface area contributed by atoms with E-state index in [2.05, 4.69) is 5.32 Å².